The van der Waals surface area contributed by atoms with Crippen LogP contribution in [0.1, 0.15) is 10.4 Å². The number of aromatic carboxylic acids is 1. The SMILES string of the molecule is O=C(O)c1c(Cl)cccc1SCC(O)CO. The summed E-state index contributed by atoms with van der Waals surface area (Å²) < 4.78 is 0. The lowest BCUT2D eigenvalue weighted by Crippen LogP contribution is -2.15. The van der Waals surface area contributed by atoms with E-state index in [9.17, 15) is 4.79 Å². The predicted molar refractivity (Wildman–Crippen MR) is 62.2 cm³/mol. The van der Waals surface area contributed by atoms with E-state index in [1.807, 2.05) is 0 Å². The molecule has 4 nitrogen and oxygen atoms in total. The third kappa shape index (κ3) is 3.38. The largest absolute Gasteiger partial charge is 0.478 e. The first kappa shape index (κ1) is 13.3. The maximum atomic E-state index is 10.9. The van der Waals surface area contributed by atoms with Crippen molar-refractivity contribution in [1.82, 2.24) is 0 Å². The molecule has 1 aromatic rings. The molecule has 0 amide bonds. The van der Waals surface area contributed by atoms with E-state index in [4.69, 9.17) is 26.9 Å². The highest BCUT2D eigenvalue weighted by atomic mass is 35.5. The molecule has 0 aliphatic rings. The van der Waals surface area contributed by atoms with Gasteiger partial charge in [-0.1, -0.05) is 17.7 Å². The van der Waals surface area contributed by atoms with Gasteiger partial charge in [0.25, 0.3) is 0 Å². The Morgan fingerprint density at radius 1 is 1.50 bits per heavy atom. The van der Waals surface area contributed by atoms with Gasteiger partial charge in [0.05, 0.1) is 23.3 Å². The summed E-state index contributed by atoms with van der Waals surface area (Å²) >= 11 is 6.91. The van der Waals surface area contributed by atoms with Gasteiger partial charge in [0, 0.05) is 10.6 Å². The summed E-state index contributed by atoms with van der Waals surface area (Å²) in [5, 5.41) is 26.9. The molecule has 1 rings (SSSR count). The molecule has 1 unspecified atom stereocenters. The molecule has 0 fully saturated rings. The molecule has 0 bridgehead atoms. The van der Waals surface area contributed by atoms with Crippen LogP contribution >= 0.6 is 23.4 Å². The molecule has 1 atom stereocenters. The lowest BCUT2D eigenvalue weighted by Gasteiger charge is -2.09. The Labute approximate surface area is 102 Å². The van der Waals surface area contributed by atoms with Gasteiger partial charge in [0.15, 0.2) is 0 Å². The van der Waals surface area contributed by atoms with Crippen molar-refractivity contribution >= 4 is 29.3 Å². The minimum absolute atomic E-state index is 0.0271. The van der Waals surface area contributed by atoms with E-state index >= 15 is 0 Å². The summed E-state index contributed by atoms with van der Waals surface area (Å²) in [5.41, 5.74) is 0.0271. The molecule has 1 aromatic carbocycles. The maximum Gasteiger partial charge on any atom is 0.338 e. The average Bonchev–Trinajstić information content (AvgIpc) is 2.25. The Morgan fingerprint density at radius 3 is 2.75 bits per heavy atom. The predicted octanol–water partition coefficient (Wildman–Crippen LogP) is 1.48. The van der Waals surface area contributed by atoms with Crippen LogP contribution in [0.2, 0.25) is 5.02 Å². The van der Waals surface area contributed by atoms with Crippen LogP contribution in [0.3, 0.4) is 0 Å². The summed E-state index contributed by atoms with van der Waals surface area (Å²) in [4.78, 5) is 11.4. The monoisotopic (exact) mass is 262 g/mol. The number of halogens is 1. The topological polar surface area (TPSA) is 77.8 Å². The third-order valence-corrected chi connectivity index (χ3v) is 3.35. The summed E-state index contributed by atoms with van der Waals surface area (Å²) in [6.45, 7) is -0.351. The lowest BCUT2D eigenvalue weighted by atomic mass is 10.2. The van der Waals surface area contributed by atoms with Crippen molar-refractivity contribution in [3.05, 3.63) is 28.8 Å². The highest BCUT2D eigenvalue weighted by Crippen LogP contribution is 2.28. The Balaban J connectivity index is 2.87. The molecule has 3 N–H and O–H groups in total. The van der Waals surface area contributed by atoms with E-state index in [1.54, 1.807) is 12.1 Å². The van der Waals surface area contributed by atoms with Gasteiger partial charge in [-0.15, -0.1) is 11.8 Å². The molecular formula is C10H11ClO4S. The van der Waals surface area contributed by atoms with Gasteiger partial charge in [-0.2, -0.15) is 0 Å². The second kappa shape index (κ2) is 6.10. The fourth-order valence-electron chi connectivity index (χ4n) is 1.07. The quantitative estimate of drug-likeness (QED) is 0.701. The Hall–Kier alpha value is -0.750. The van der Waals surface area contributed by atoms with Crippen molar-refractivity contribution in [1.29, 1.82) is 0 Å². The maximum absolute atomic E-state index is 10.9. The summed E-state index contributed by atoms with van der Waals surface area (Å²) in [6, 6.07) is 4.75. The third-order valence-electron chi connectivity index (χ3n) is 1.83. The molecule has 0 saturated carbocycles. The molecule has 0 aromatic heterocycles. The molecule has 0 spiro atoms. The van der Waals surface area contributed by atoms with Gasteiger partial charge in [0.1, 0.15) is 0 Å². The van der Waals surface area contributed by atoms with Crippen LogP contribution in [0.4, 0.5) is 0 Å². The fraction of sp³-hybridized carbons (Fsp3) is 0.300. The molecule has 0 aliphatic heterocycles. The zero-order valence-corrected chi connectivity index (χ0v) is 9.83. The van der Waals surface area contributed by atoms with Crippen molar-refractivity contribution in [2.24, 2.45) is 0 Å². The zero-order valence-electron chi connectivity index (χ0n) is 8.26. The highest BCUT2D eigenvalue weighted by molar-refractivity contribution is 7.99. The van der Waals surface area contributed by atoms with Gasteiger partial charge in [0.2, 0.25) is 0 Å². The van der Waals surface area contributed by atoms with Crippen LogP contribution in [0.25, 0.3) is 0 Å². The number of benzene rings is 1. The van der Waals surface area contributed by atoms with Crippen LogP contribution in [0.15, 0.2) is 23.1 Å². The first-order valence-corrected chi connectivity index (χ1v) is 5.86. The number of aliphatic hydroxyl groups is 2. The molecule has 0 saturated heterocycles. The van der Waals surface area contributed by atoms with Crippen molar-refractivity contribution in [3.8, 4) is 0 Å². The Kier molecular flexibility index (Phi) is 5.08. The van der Waals surface area contributed by atoms with Crippen LogP contribution in [-0.4, -0.2) is 39.8 Å². The second-order valence-corrected chi connectivity index (χ2v) is 4.53. The standard InChI is InChI=1S/C10H11ClO4S/c11-7-2-1-3-8(9(7)10(14)15)16-5-6(13)4-12/h1-3,6,12-13H,4-5H2,(H,14,15). The zero-order chi connectivity index (χ0) is 12.1. The minimum atomic E-state index is -1.11. The number of carbonyl (C=O) groups is 1. The smallest absolute Gasteiger partial charge is 0.338 e. The van der Waals surface area contributed by atoms with E-state index in [-0.39, 0.29) is 22.9 Å². The first-order valence-electron chi connectivity index (χ1n) is 4.49. The van der Waals surface area contributed by atoms with Gasteiger partial charge in [-0.25, -0.2) is 4.79 Å². The molecular weight excluding hydrogens is 252 g/mol. The van der Waals surface area contributed by atoms with Gasteiger partial charge in [-0.3, -0.25) is 0 Å². The number of carboxylic acids is 1. The van der Waals surface area contributed by atoms with E-state index in [0.29, 0.717) is 4.90 Å². The van der Waals surface area contributed by atoms with E-state index in [0.717, 1.165) is 11.8 Å². The van der Waals surface area contributed by atoms with Crippen molar-refractivity contribution in [3.63, 3.8) is 0 Å². The fourth-order valence-corrected chi connectivity index (χ4v) is 2.38. The average molecular weight is 263 g/mol. The van der Waals surface area contributed by atoms with Crippen molar-refractivity contribution in [2.45, 2.75) is 11.0 Å². The highest BCUT2D eigenvalue weighted by Gasteiger charge is 2.15. The summed E-state index contributed by atoms with van der Waals surface area (Å²) in [6.07, 6.45) is -0.870. The van der Waals surface area contributed by atoms with Gasteiger partial charge in [-0.05, 0) is 12.1 Å². The minimum Gasteiger partial charge on any atom is -0.478 e. The van der Waals surface area contributed by atoms with Crippen LogP contribution < -0.4 is 0 Å². The number of thioether (sulfide) groups is 1. The normalized spacial score (nSPS) is 12.4. The lowest BCUT2D eigenvalue weighted by molar-refractivity contribution is 0.0693. The van der Waals surface area contributed by atoms with Crippen LogP contribution in [0.5, 0.6) is 0 Å². The Bertz CT molecular complexity index is 383. The van der Waals surface area contributed by atoms with E-state index in [2.05, 4.69) is 0 Å². The molecule has 16 heavy (non-hydrogen) atoms. The number of aliphatic hydroxyl groups excluding tert-OH is 2. The summed E-state index contributed by atoms with van der Waals surface area (Å²) in [5.74, 6) is -0.886. The van der Waals surface area contributed by atoms with Crippen molar-refractivity contribution < 1.29 is 20.1 Å². The number of hydrogen-bond acceptors (Lipinski definition) is 4. The van der Waals surface area contributed by atoms with Crippen LogP contribution in [0, 0.1) is 0 Å². The number of rotatable bonds is 5. The van der Waals surface area contributed by atoms with E-state index in [1.165, 1.54) is 6.07 Å². The molecule has 6 heteroatoms. The van der Waals surface area contributed by atoms with Gasteiger partial charge < -0.3 is 15.3 Å². The Morgan fingerprint density at radius 2 is 2.19 bits per heavy atom. The second-order valence-electron chi connectivity index (χ2n) is 3.07. The molecule has 0 radical (unpaired) electrons. The van der Waals surface area contributed by atoms with Gasteiger partial charge >= 0.3 is 5.97 Å². The molecule has 0 aliphatic carbocycles. The summed E-state index contributed by atoms with van der Waals surface area (Å²) in [7, 11) is 0. The number of hydrogen-bond donors (Lipinski definition) is 3. The number of carboxylic acid groups (broad SMARTS) is 1. The van der Waals surface area contributed by atoms with Crippen molar-refractivity contribution in [2.75, 3.05) is 12.4 Å². The van der Waals surface area contributed by atoms with E-state index < -0.39 is 12.1 Å². The first-order chi connectivity index (χ1) is 7.56. The van der Waals surface area contributed by atoms with Crippen LogP contribution in [-0.2, 0) is 0 Å². The molecule has 88 valence electrons. The molecule has 0 heterocycles.